The van der Waals surface area contributed by atoms with Gasteiger partial charge in [0.05, 0.1) is 11.4 Å². The van der Waals surface area contributed by atoms with E-state index in [1.54, 1.807) is 42.6 Å². The number of aromatic nitrogens is 2. The average Bonchev–Trinajstić information content (AvgIpc) is 3.28. The summed E-state index contributed by atoms with van der Waals surface area (Å²) in [5, 5.41) is 0. The summed E-state index contributed by atoms with van der Waals surface area (Å²) in [6, 6.07) is 44.6. The van der Waals surface area contributed by atoms with Gasteiger partial charge in [0.25, 0.3) is 0 Å². The van der Waals surface area contributed by atoms with Gasteiger partial charge in [-0.2, -0.15) is 0 Å². The molecule has 2 heterocycles. The van der Waals surface area contributed by atoms with Crippen LogP contribution in [0.4, 0.5) is 0 Å². The normalized spacial score (nSPS) is 16.6. The van der Waals surface area contributed by atoms with Gasteiger partial charge in [0.2, 0.25) is 0 Å². The first-order chi connectivity index (χ1) is 30.3. The first-order valence-corrected chi connectivity index (χ1v) is 20.3. The molecule has 1 saturated carbocycles. The van der Waals surface area contributed by atoms with E-state index >= 15 is 0 Å². The Hall–Kier alpha value is -5.60. The molecule has 0 amide bonds. The molecule has 2 heteroatoms. The molecule has 1 aliphatic rings. The largest absolute Gasteiger partial charge is 0.256 e. The lowest BCUT2D eigenvalue weighted by Crippen LogP contribution is -2.33. The van der Waals surface area contributed by atoms with Crippen LogP contribution in [0.15, 0.2) is 152 Å². The molecule has 2 nitrogen and oxygen atoms in total. The van der Waals surface area contributed by atoms with Crippen molar-refractivity contribution in [2.24, 2.45) is 5.41 Å². The summed E-state index contributed by atoms with van der Waals surface area (Å²) in [4.78, 5) is 9.08. The van der Waals surface area contributed by atoms with Crippen molar-refractivity contribution in [2.45, 2.75) is 91.2 Å². The Labute approximate surface area is 351 Å². The number of aryl methyl sites for hydroxylation is 4. The van der Waals surface area contributed by atoms with E-state index in [0.717, 1.165) is 56.6 Å². The van der Waals surface area contributed by atoms with Crippen LogP contribution in [0.25, 0.3) is 55.9 Å². The second kappa shape index (κ2) is 16.5. The van der Waals surface area contributed by atoms with E-state index in [1.807, 2.05) is 85.8 Å². The van der Waals surface area contributed by atoms with Gasteiger partial charge < -0.3 is 0 Å². The highest BCUT2D eigenvalue weighted by molar-refractivity contribution is 5.85. The Balaban J connectivity index is 1.09. The van der Waals surface area contributed by atoms with Crippen LogP contribution in [-0.4, -0.2) is 9.97 Å². The summed E-state index contributed by atoms with van der Waals surface area (Å²) in [5.41, 5.74) is 11.4. The molecule has 57 heavy (non-hydrogen) atoms. The highest BCUT2D eigenvalue weighted by atomic mass is 14.7. The summed E-state index contributed by atoms with van der Waals surface area (Å²) in [6.45, 7) is 6.54. The fourth-order valence-electron chi connectivity index (χ4n) is 8.89. The van der Waals surface area contributed by atoms with Gasteiger partial charge in [-0.25, -0.2) is 0 Å². The second-order valence-corrected chi connectivity index (χ2v) is 17.0. The first kappa shape index (κ1) is 30.5. The second-order valence-electron chi connectivity index (χ2n) is 17.0. The minimum absolute atomic E-state index is 0.131. The third kappa shape index (κ3) is 8.87. The van der Waals surface area contributed by atoms with E-state index in [-0.39, 0.29) is 27.5 Å². The average molecular weight is 752 g/mol. The Morgan fingerprint density at radius 2 is 1.19 bits per heavy atom. The zero-order valence-corrected chi connectivity index (χ0v) is 33.6. The molecule has 0 N–H and O–H groups in total. The third-order valence-electron chi connectivity index (χ3n) is 11.4. The number of rotatable bonds is 10. The molecule has 0 saturated heterocycles. The lowest BCUT2D eigenvalue weighted by molar-refractivity contribution is 0.193. The molecule has 0 unspecified atom stereocenters. The van der Waals surface area contributed by atoms with Gasteiger partial charge in [0.1, 0.15) is 0 Å². The van der Waals surface area contributed by atoms with E-state index in [2.05, 4.69) is 55.0 Å². The van der Waals surface area contributed by atoms with Gasteiger partial charge in [-0.1, -0.05) is 167 Å². The van der Waals surface area contributed by atoms with Crippen LogP contribution in [0.1, 0.15) is 96.7 Å². The van der Waals surface area contributed by atoms with Gasteiger partial charge in [0.15, 0.2) is 0 Å². The summed E-state index contributed by atoms with van der Waals surface area (Å²) in [7, 11) is 0. The van der Waals surface area contributed by atoms with Crippen LogP contribution in [0, 0.1) is 19.2 Å². The van der Waals surface area contributed by atoms with E-state index in [1.165, 1.54) is 43.9 Å². The minimum Gasteiger partial charge on any atom is -0.256 e. The van der Waals surface area contributed by atoms with Crippen molar-refractivity contribution >= 4 is 0 Å². The zero-order chi connectivity index (χ0) is 45.5. The van der Waals surface area contributed by atoms with Crippen molar-refractivity contribution in [1.29, 1.82) is 0 Å². The van der Waals surface area contributed by atoms with Gasteiger partial charge in [0, 0.05) is 33.1 Å². The zero-order valence-electron chi connectivity index (χ0n) is 40.6. The molecule has 0 aliphatic heterocycles. The Kier molecular flexibility index (Phi) is 8.82. The first-order valence-electron chi connectivity index (χ1n) is 23.8. The molecule has 0 spiro atoms. The van der Waals surface area contributed by atoms with Crippen LogP contribution < -0.4 is 0 Å². The van der Waals surface area contributed by atoms with Crippen molar-refractivity contribution < 1.29 is 9.60 Å². The van der Waals surface area contributed by atoms with Crippen LogP contribution in [0.2, 0.25) is 0 Å². The smallest absolute Gasteiger partial charge is 0.0708 e. The summed E-state index contributed by atoms with van der Waals surface area (Å²) < 4.78 is 62.0. The predicted molar refractivity (Wildman–Crippen MR) is 241 cm³/mol. The fraction of sp³-hybridized carbons (Fsp3) is 0.273. The molecule has 0 radical (unpaired) electrons. The van der Waals surface area contributed by atoms with E-state index in [4.69, 9.17) is 6.85 Å². The van der Waals surface area contributed by atoms with Crippen LogP contribution in [0.5, 0.6) is 0 Å². The lowest BCUT2D eigenvalue weighted by Gasteiger charge is -2.42. The minimum atomic E-state index is -2.37. The predicted octanol–water partition coefficient (Wildman–Crippen LogP) is 14.9. The Bertz CT molecular complexity index is 2730. The number of nitrogens with zero attached hydrogens (tertiary/aromatic N) is 2. The molecule has 286 valence electrons. The molecule has 5 aromatic carbocycles. The highest BCUT2D eigenvalue weighted by Gasteiger charge is 2.37. The molecule has 2 aromatic heterocycles. The van der Waals surface area contributed by atoms with Crippen molar-refractivity contribution in [3.63, 3.8) is 0 Å². The lowest BCUT2D eigenvalue weighted by atomic mass is 9.62. The van der Waals surface area contributed by atoms with Crippen molar-refractivity contribution in [3.8, 4) is 55.9 Å². The molecular formula is C55H56N2. The van der Waals surface area contributed by atoms with Gasteiger partial charge in [-0.3, -0.25) is 9.97 Å². The number of benzene rings is 5. The van der Waals surface area contributed by atoms with Crippen molar-refractivity contribution in [3.05, 3.63) is 180 Å². The van der Waals surface area contributed by atoms with Crippen molar-refractivity contribution in [2.75, 3.05) is 0 Å². The summed E-state index contributed by atoms with van der Waals surface area (Å²) in [6.07, 6.45) is 5.70. The van der Waals surface area contributed by atoms with Gasteiger partial charge >= 0.3 is 0 Å². The standard InChI is InChI=1S/C55H56N2/c1-39-33-42(17-16-41-18-20-45(21-19-41)52-15-9-12-32-56-52)35-47(34-39)50-14-8-7-13-49(50)43-22-24-46(25-23-43)53-36-51(40(2)37-57-53)44-26-28-48(29-27-44)55(38-54(3,4)5)30-10-6-11-31-55/h7-9,12-15,18-29,32-37H,6,10-11,16-17,30-31,38H2,1-5H3/i2D3,16D2,17D2. The van der Waals surface area contributed by atoms with E-state index < -0.39 is 19.6 Å². The van der Waals surface area contributed by atoms with Crippen LogP contribution >= 0.6 is 0 Å². The summed E-state index contributed by atoms with van der Waals surface area (Å²) >= 11 is 0. The van der Waals surface area contributed by atoms with Crippen molar-refractivity contribution in [1.82, 2.24) is 9.97 Å². The molecule has 8 rings (SSSR count). The topological polar surface area (TPSA) is 25.8 Å². The molecular weight excluding hydrogens is 689 g/mol. The molecule has 7 aromatic rings. The van der Waals surface area contributed by atoms with Crippen LogP contribution in [0.3, 0.4) is 0 Å². The maximum Gasteiger partial charge on any atom is 0.0708 e. The van der Waals surface area contributed by atoms with Crippen LogP contribution in [-0.2, 0) is 18.2 Å². The maximum absolute atomic E-state index is 9.25. The quantitative estimate of drug-likeness (QED) is 0.139. The monoisotopic (exact) mass is 751 g/mol. The number of pyridine rings is 2. The fourth-order valence-corrected chi connectivity index (χ4v) is 8.89. The van der Waals surface area contributed by atoms with Gasteiger partial charge in [-0.15, -0.1) is 0 Å². The highest BCUT2D eigenvalue weighted by Crippen LogP contribution is 2.47. The van der Waals surface area contributed by atoms with E-state index in [9.17, 15) is 2.74 Å². The Morgan fingerprint density at radius 3 is 1.88 bits per heavy atom. The van der Waals surface area contributed by atoms with E-state index in [0.29, 0.717) is 11.3 Å². The molecule has 1 aliphatic carbocycles. The molecule has 1 fully saturated rings. The molecule has 0 bridgehead atoms. The molecule has 0 atom stereocenters. The maximum atomic E-state index is 9.25. The third-order valence-corrected chi connectivity index (χ3v) is 11.4. The SMILES string of the molecule is [2H]C([2H])([2H])c1cnc(-c2ccc(-c3ccccc3-c3cc(C)cc(C([2H])([2H])C([2H])([2H])c4ccc(-c5ccccn5)cc4)c3)cc2)cc1-c1ccc(C2(CC(C)(C)C)CCCCC2)cc1. The Morgan fingerprint density at radius 1 is 0.579 bits per heavy atom. The number of hydrogen-bond acceptors (Lipinski definition) is 2. The number of hydrogen-bond donors (Lipinski definition) is 0. The summed E-state index contributed by atoms with van der Waals surface area (Å²) in [5.74, 6) is 0. The van der Waals surface area contributed by atoms with Gasteiger partial charge in [-0.05, 0) is 130 Å².